The van der Waals surface area contributed by atoms with Gasteiger partial charge in [0.05, 0.1) is 17.7 Å². The molecule has 0 aliphatic carbocycles. The number of nitrogens with zero attached hydrogens (tertiary/aromatic N) is 2. The summed E-state index contributed by atoms with van der Waals surface area (Å²) in [5.74, 6) is -0.727. The number of benzene rings is 3. The maximum atomic E-state index is 14.0. The predicted octanol–water partition coefficient (Wildman–Crippen LogP) is 5.45. The number of amides is 2. The van der Waals surface area contributed by atoms with Crippen LogP contribution in [0.15, 0.2) is 71.6 Å². The molecule has 0 saturated heterocycles. The first-order chi connectivity index (χ1) is 18.8. The van der Waals surface area contributed by atoms with Gasteiger partial charge >= 0.3 is 0 Å². The lowest BCUT2D eigenvalue weighted by atomic mass is 10.1. The summed E-state index contributed by atoms with van der Waals surface area (Å²) in [6.45, 7) is 6.37. The average Bonchev–Trinajstić information content (AvgIpc) is 2.90. The molecule has 0 fully saturated rings. The second kappa shape index (κ2) is 13.4. The molecule has 2 amide bonds. The van der Waals surface area contributed by atoms with E-state index in [9.17, 15) is 18.0 Å². The molecule has 0 spiro atoms. The fraction of sp³-hybridized carbons (Fsp3) is 0.310. The molecule has 11 heteroatoms. The van der Waals surface area contributed by atoms with Crippen molar-refractivity contribution in [2.75, 3.05) is 18.0 Å². The Balaban J connectivity index is 2.11. The van der Waals surface area contributed by atoms with Crippen LogP contribution in [0, 0.1) is 6.92 Å². The maximum absolute atomic E-state index is 14.0. The summed E-state index contributed by atoms with van der Waals surface area (Å²) in [5.41, 5.74) is 1.52. The second-order valence-corrected chi connectivity index (χ2v) is 12.3. The third-order valence-electron chi connectivity index (χ3n) is 6.17. The summed E-state index contributed by atoms with van der Waals surface area (Å²) in [4.78, 5) is 28.4. The monoisotopic (exact) mass is 605 g/mol. The van der Waals surface area contributed by atoms with Gasteiger partial charge in [-0.25, -0.2) is 8.42 Å². The minimum atomic E-state index is -4.22. The first-order valence-corrected chi connectivity index (χ1v) is 14.8. The molecule has 1 N–H and O–H groups in total. The average molecular weight is 607 g/mol. The number of halogens is 2. The first kappa shape index (κ1) is 31.3. The topological polar surface area (TPSA) is 96.0 Å². The molecule has 0 aromatic heterocycles. The summed E-state index contributed by atoms with van der Waals surface area (Å²) < 4.78 is 34.4. The van der Waals surface area contributed by atoms with Crippen LogP contribution in [0.2, 0.25) is 10.0 Å². The quantitative estimate of drug-likeness (QED) is 0.313. The van der Waals surface area contributed by atoms with Gasteiger partial charge in [0.2, 0.25) is 11.8 Å². The van der Waals surface area contributed by atoms with E-state index in [4.69, 9.17) is 27.9 Å². The van der Waals surface area contributed by atoms with Crippen molar-refractivity contribution in [2.24, 2.45) is 0 Å². The molecular weight excluding hydrogens is 573 g/mol. The van der Waals surface area contributed by atoms with Gasteiger partial charge in [0, 0.05) is 22.6 Å². The Hall–Kier alpha value is -3.27. The highest BCUT2D eigenvalue weighted by atomic mass is 35.5. The van der Waals surface area contributed by atoms with Crippen molar-refractivity contribution in [1.29, 1.82) is 0 Å². The number of rotatable bonds is 11. The van der Waals surface area contributed by atoms with Gasteiger partial charge in [-0.1, -0.05) is 53.5 Å². The summed E-state index contributed by atoms with van der Waals surface area (Å²) in [6, 6.07) is 16.6. The molecule has 8 nitrogen and oxygen atoms in total. The van der Waals surface area contributed by atoms with Crippen molar-refractivity contribution in [3.05, 3.63) is 87.9 Å². The molecule has 0 aliphatic heterocycles. The molecule has 0 bridgehead atoms. The Morgan fingerprint density at radius 1 is 0.975 bits per heavy atom. The minimum Gasteiger partial charge on any atom is -0.495 e. The number of anilines is 1. The molecule has 3 aromatic carbocycles. The third kappa shape index (κ3) is 7.47. The molecule has 3 rings (SSSR count). The van der Waals surface area contributed by atoms with Gasteiger partial charge in [-0.3, -0.25) is 13.9 Å². The molecule has 3 aromatic rings. The second-order valence-electron chi connectivity index (χ2n) is 9.60. The Morgan fingerprint density at radius 3 is 2.25 bits per heavy atom. The number of sulfonamides is 1. The Labute approximate surface area is 245 Å². The predicted molar refractivity (Wildman–Crippen MR) is 158 cm³/mol. The molecule has 0 saturated carbocycles. The summed E-state index contributed by atoms with van der Waals surface area (Å²) >= 11 is 12.5. The lowest BCUT2D eigenvalue weighted by molar-refractivity contribution is -0.139. The molecule has 1 atom stereocenters. The number of aryl methyl sites for hydroxylation is 1. The molecule has 0 radical (unpaired) electrons. The normalized spacial score (nSPS) is 12.1. The number of ether oxygens (including phenoxy) is 1. The van der Waals surface area contributed by atoms with Crippen LogP contribution >= 0.6 is 23.2 Å². The first-order valence-electron chi connectivity index (χ1n) is 12.6. The van der Waals surface area contributed by atoms with E-state index in [2.05, 4.69) is 5.32 Å². The van der Waals surface area contributed by atoms with E-state index in [0.29, 0.717) is 15.6 Å². The molecular formula is C29H33Cl2N3O5S. The van der Waals surface area contributed by atoms with Crippen LogP contribution in [-0.4, -0.2) is 50.9 Å². The molecule has 0 aliphatic rings. The Morgan fingerprint density at radius 2 is 1.65 bits per heavy atom. The SMILES string of the molecule is COc1ccc(C)cc1N(CC(=O)N(Cc1ccc(Cl)cc1Cl)C(C)C(=O)NC(C)C)S(=O)(=O)c1ccccc1. The number of hydrogen-bond acceptors (Lipinski definition) is 5. The van der Waals surface area contributed by atoms with Crippen molar-refractivity contribution in [3.8, 4) is 5.75 Å². The minimum absolute atomic E-state index is 0.00394. The van der Waals surface area contributed by atoms with Crippen LogP contribution < -0.4 is 14.4 Å². The van der Waals surface area contributed by atoms with E-state index in [-0.39, 0.29) is 34.8 Å². The summed E-state index contributed by atoms with van der Waals surface area (Å²) in [6.07, 6.45) is 0. The van der Waals surface area contributed by atoms with Crippen molar-refractivity contribution in [1.82, 2.24) is 10.2 Å². The number of nitrogens with one attached hydrogen (secondary N) is 1. The third-order valence-corrected chi connectivity index (χ3v) is 8.53. The maximum Gasteiger partial charge on any atom is 0.264 e. The van der Waals surface area contributed by atoms with Crippen LogP contribution in [0.1, 0.15) is 31.9 Å². The molecule has 40 heavy (non-hydrogen) atoms. The van der Waals surface area contributed by atoms with Crippen molar-refractivity contribution in [2.45, 2.75) is 51.2 Å². The fourth-order valence-electron chi connectivity index (χ4n) is 4.05. The lowest BCUT2D eigenvalue weighted by Crippen LogP contribution is -2.52. The number of methoxy groups -OCH3 is 1. The highest BCUT2D eigenvalue weighted by Crippen LogP contribution is 2.34. The van der Waals surface area contributed by atoms with Gasteiger partial charge in [0.1, 0.15) is 18.3 Å². The van der Waals surface area contributed by atoms with E-state index in [1.165, 1.54) is 24.1 Å². The van der Waals surface area contributed by atoms with Crippen LogP contribution in [0.3, 0.4) is 0 Å². The van der Waals surface area contributed by atoms with Crippen LogP contribution in [-0.2, 0) is 26.2 Å². The van der Waals surface area contributed by atoms with Gasteiger partial charge in [0.25, 0.3) is 10.0 Å². The van der Waals surface area contributed by atoms with Crippen LogP contribution in [0.25, 0.3) is 0 Å². The van der Waals surface area contributed by atoms with Gasteiger partial charge in [-0.15, -0.1) is 0 Å². The zero-order valence-corrected chi connectivity index (χ0v) is 25.3. The van der Waals surface area contributed by atoms with Crippen LogP contribution in [0.5, 0.6) is 5.75 Å². The van der Waals surface area contributed by atoms with E-state index < -0.39 is 28.5 Å². The number of carbonyl (C=O) groups is 2. The van der Waals surface area contributed by atoms with E-state index >= 15 is 0 Å². The zero-order valence-electron chi connectivity index (χ0n) is 23.0. The van der Waals surface area contributed by atoms with Gasteiger partial charge < -0.3 is 15.0 Å². The summed E-state index contributed by atoms with van der Waals surface area (Å²) in [7, 11) is -2.79. The fourth-order valence-corrected chi connectivity index (χ4v) is 5.95. The van der Waals surface area contributed by atoms with Gasteiger partial charge in [0.15, 0.2) is 0 Å². The Bertz CT molecular complexity index is 1470. The molecule has 0 heterocycles. The lowest BCUT2D eigenvalue weighted by Gasteiger charge is -2.33. The van der Waals surface area contributed by atoms with E-state index in [1.54, 1.807) is 61.5 Å². The Kier molecular flexibility index (Phi) is 10.5. The van der Waals surface area contributed by atoms with E-state index in [0.717, 1.165) is 9.87 Å². The highest BCUT2D eigenvalue weighted by Gasteiger charge is 2.34. The number of carbonyl (C=O) groups excluding carboxylic acids is 2. The standard InChI is InChI=1S/C29H33Cl2N3O5S/c1-19(2)32-29(36)21(4)33(17-22-12-13-23(30)16-25(22)31)28(35)18-34(26-15-20(3)11-14-27(26)39-5)40(37,38)24-9-7-6-8-10-24/h6-16,19,21H,17-18H2,1-5H3,(H,32,36). The van der Waals surface area contributed by atoms with Gasteiger partial charge in [-0.2, -0.15) is 0 Å². The zero-order chi connectivity index (χ0) is 29.6. The van der Waals surface area contributed by atoms with E-state index in [1.807, 2.05) is 20.8 Å². The van der Waals surface area contributed by atoms with Crippen molar-refractivity contribution < 1.29 is 22.7 Å². The molecule has 214 valence electrons. The van der Waals surface area contributed by atoms with Crippen molar-refractivity contribution in [3.63, 3.8) is 0 Å². The van der Waals surface area contributed by atoms with Gasteiger partial charge in [-0.05, 0) is 75.2 Å². The number of hydrogen-bond donors (Lipinski definition) is 1. The smallest absolute Gasteiger partial charge is 0.264 e. The van der Waals surface area contributed by atoms with Crippen molar-refractivity contribution >= 4 is 50.7 Å². The largest absolute Gasteiger partial charge is 0.495 e. The molecule has 1 unspecified atom stereocenters. The highest BCUT2D eigenvalue weighted by molar-refractivity contribution is 7.92. The summed E-state index contributed by atoms with van der Waals surface area (Å²) in [5, 5.41) is 3.55. The van der Waals surface area contributed by atoms with Crippen LogP contribution in [0.4, 0.5) is 5.69 Å².